The minimum atomic E-state index is -0.325. The van der Waals surface area contributed by atoms with Crippen LogP contribution >= 0.6 is 0 Å². The molecule has 0 radical (unpaired) electrons. The van der Waals surface area contributed by atoms with Crippen molar-refractivity contribution in [3.05, 3.63) is 56.6 Å². The van der Waals surface area contributed by atoms with Crippen molar-refractivity contribution < 1.29 is 4.79 Å². The summed E-state index contributed by atoms with van der Waals surface area (Å²) in [5, 5.41) is 6.72. The highest BCUT2D eigenvalue weighted by atomic mass is 16.2. The summed E-state index contributed by atoms with van der Waals surface area (Å²) in [5.41, 5.74) is 1.11. The maximum Gasteiger partial charge on any atom is 0.267 e. The van der Waals surface area contributed by atoms with E-state index in [1.807, 2.05) is 0 Å². The lowest BCUT2D eigenvalue weighted by molar-refractivity contribution is -0.121. The van der Waals surface area contributed by atoms with Crippen molar-refractivity contribution in [3.63, 3.8) is 0 Å². The van der Waals surface area contributed by atoms with E-state index in [1.54, 1.807) is 25.4 Å². The van der Waals surface area contributed by atoms with Crippen LogP contribution in [0.3, 0.4) is 0 Å². The van der Waals surface area contributed by atoms with Crippen molar-refractivity contribution in [3.8, 4) is 0 Å². The molecule has 0 atom stereocenters. The minimum absolute atomic E-state index is 0.104. The molecule has 0 aromatic carbocycles. The van der Waals surface area contributed by atoms with Gasteiger partial charge < -0.3 is 5.32 Å². The first-order valence-corrected chi connectivity index (χ1v) is 8.91. The van der Waals surface area contributed by atoms with E-state index in [-0.39, 0.29) is 30.1 Å². The van der Waals surface area contributed by atoms with Crippen molar-refractivity contribution in [1.29, 1.82) is 0 Å². The van der Waals surface area contributed by atoms with Crippen LogP contribution in [0.2, 0.25) is 0 Å². The molecule has 0 saturated heterocycles. The maximum atomic E-state index is 12.2. The number of nitrogens with one attached hydrogen (secondary N) is 1. The first-order chi connectivity index (χ1) is 12.5. The van der Waals surface area contributed by atoms with E-state index in [1.165, 1.54) is 23.5 Å². The Labute approximate surface area is 150 Å². The Hall–Kier alpha value is -2.77. The van der Waals surface area contributed by atoms with Crippen molar-refractivity contribution in [2.45, 2.75) is 51.6 Å². The molecule has 1 N–H and O–H groups in total. The molecule has 26 heavy (non-hydrogen) atoms. The predicted octanol–water partition coefficient (Wildman–Crippen LogP) is 0.582. The molecule has 8 nitrogen and oxygen atoms in total. The molecule has 2 heterocycles. The molecular formula is C18H23N5O3. The number of amides is 1. The fourth-order valence-corrected chi connectivity index (χ4v) is 3.22. The number of aromatic nitrogens is 4. The van der Waals surface area contributed by atoms with E-state index >= 15 is 0 Å². The van der Waals surface area contributed by atoms with Gasteiger partial charge in [-0.25, -0.2) is 9.67 Å². The van der Waals surface area contributed by atoms with E-state index in [4.69, 9.17) is 0 Å². The Morgan fingerprint density at radius 1 is 1.23 bits per heavy atom. The second-order valence-corrected chi connectivity index (χ2v) is 6.65. The monoisotopic (exact) mass is 357 g/mol. The second-order valence-electron chi connectivity index (χ2n) is 6.65. The van der Waals surface area contributed by atoms with Gasteiger partial charge >= 0.3 is 0 Å². The van der Waals surface area contributed by atoms with Crippen LogP contribution in [0.15, 0.2) is 34.1 Å². The van der Waals surface area contributed by atoms with Crippen LogP contribution in [0.4, 0.5) is 0 Å². The maximum absolute atomic E-state index is 12.2. The summed E-state index contributed by atoms with van der Waals surface area (Å²) < 4.78 is 2.60. The molecule has 3 rings (SSSR count). The first-order valence-electron chi connectivity index (χ1n) is 8.91. The van der Waals surface area contributed by atoms with Gasteiger partial charge in [-0.05, 0) is 25.8 Å². The number of hydrogen-bond donors (Lipinski definition) is 1. The fourth-order valence-electron chi connectivity index (χ4n) is 3.22. The molecule has 1 aliphatic rings. The van der Waals surface area contributed by atoms with Crippen LogP contribution in [-0.2, 0) is 17.9 Å². The van der Waals surface area contributed by atoms with Gasteiger partial charge in [0.15, 0.2) is 0 Å². The Morgan fingerprint density at radius 3 is 2.73 bits per heavy atom. The summed E-state index contributed by atoms with van der Waals surface area (Å²) in [7, 11) is 0. The van der Waals surface area contributed by atoms with E-state index in [0.717, 1.165) is 23.2 Å². The number of nitrogens with zero attached hydrogens (tertiary/aromatic N) is 4. The highest BCUT2D eigenvalue weighted by Gasteiger charge is 2.18. The van der Waals surface area contributed by atoms with E-state index in [9.17, 15) is 14.4 Å². The van der Waals surface area contributed by atoms with Crippen LogP contribution in [-0.4, -0.2) is 31.8 Å². The van der Waals surface area contributed by atoms with Gasteiger partial charge in [-0.3, -0.25) is 19.0 Å². The Kier molecular flexibility index (Phi) is 5.60. The highest BCUT2D eigenvalue weighted by Crippen LogP contribution is 2.32. The Balaban J connectivity index is 1.52. The largest absolute Gasteiger partial charge is 0.353 e. The molecule has 1 amide bonds. The van der Waals surface area contributed by atoms with Crippen molar-refractivity contribution in [2.75, 3.05) is 6.54 Å². The third-order valence-electron chi connectivity index (χ3n) is 4.64. The van der Waals surface area contributed by atoms with Crippen molar-refractivity contribution in [1.82, 2.24) is 24.6 Å². The zero-order valence-electron chi connectivity index (χ0n) is 14.9. The van der Waals surface area contributed by atoms with Gasteiger partial charge in [0.05, 0.1) is 17.7 Å². The topological polar surface area (TPSA) is 98.9 Å². The zero-order valence-corrected chi connectivity index (χ0v) is 14.9. The van der Waals surface area contributed by atoms with Gasteiger partial charge in [0, 0.05) is 31.1 Å². The zero-order chi connectivity index (χ0) is 18.5. The molecule has 2 aromatic rings. The lowest BCUT2D eigenvalue weighted by Gasteiger charge is -2.11. The van der Waals surface area contributed by atoms with E-state index in [2.05, 4.69) is 15.4 Å². The van der Waals surface area contributed by atoms with Gasteiger partial charge in [0.1, 0.15) is 6.54 Å². The summed E-state index contributed by atoms with van der Waals surface area (Å²) >= 11 is 0. The van der Waals surface area contributed by atoms with Crippen LogP contribution in [0.1, 0.15) is 43.0 Å². The first kappa shape index (κ1) is 18.0. The average molecular weight is 357 g/mol. The molecule has 0 unspecified atom stereocenters. The van der Waals surface area contributed by atoms with E-state index < -0.39 is 0 Å². The molecule has 1 aliphatic carbocycles. The normalized spacial score (nSPS) is 14.5. The molecule has 0 aliphatic heterocycles. The smallest absolute Gasteiger partial charge is 0.267 e. The lowest BCUT2D eigenvalue weighted by Crippen LogP contribution is -2.36. The van der Waals surface area contributed by atoms with Crippen LogP contribution < -0.4 is 16.4 Å². The summed E-state index contributed by atoms with van der Waals surface area (Å²) in [6.45, 7) is 2.22. The van der Waals surface area contributed by atoms with E-state index in [0.29, 0.717) is 18.2 Å². The van der Waals surface area contributed by atoms with Gasteiger partial charge in [-0.1, -0.05) is 12.8 Å². The molecular weight excluding hydrogens is 334 g/mol. The van der Waals surface area contributed by atoms with Crippen molar-refractivity contribution in [2.24, 2.45) is 0 Å². The summed E-state index contributed by atoms with van der Waals surface area (Å²) in [4.78, 5) is 40.2. The molecule has 8 heteroatoms. The number of carbonyl (C=O) groups excluding carboxylic acids is 1. The third kappa shape index (κ3) is 4.44. The number of carbonyl (C=O) groups is 1. The molecule has 2 aromatic heterocycles. The molecule has 0 spiro atoms. The quantitative estimate of drug-likeness (QED) is 0.815. The molecule has 1 saturated carbocycles. The van der Waals surface area contributed by atoms with Gasteiger partial charge in [-0.15, -0.1) is 0 Å². The van der Waals surface area contributed by atoms with Crippen LogP contribution in [0, 0.1) is 6.92 Å². The summed E-state index contributed by atoms with van der Waals surface area (Å²) in [6, 6.07) is 4.59. The van der Waals surface area contributed by atoms with Gasteiger partial charge in [0.25, 0.3) is 11.1 Å². The van der Waals surface area contributed by atoms with Crippen molar-refractivity contribution >= 4 is 5.91 Å². The number of hydrogen-bond acceptors (Lipinski definition) is 5. The number of rotatable bonds is 6. The van der Waals surface area contributed by atoms with Gasteiger partial charge in [-0.2, -0.15) is 5.10 Å². The van der Waals surface area contributed by atoms with Gasteiger partial charge in [0.2, 0.25) is 5.91 Å². The summed E-state index contributed by atoms with van der Waals surface area (Å²) in [5.74, 6) is 0.0750. The molecule has 138 valence electrons. The highest BCUT2D eigenvalue weighted by molar-refractivity contribution is 5.75. The van der Waals surface area contributed by atoms with Crippen LogP contribution in [0.25, 0.3) is 0 Å². The average Bonchev–Trinajstić information content (AvgIpc) is 3.14. The lowest BCUT2D eigenvalue weighted by atomic mass is 10.0. The SMILES string of the molecule is Cc1ccc(=O)n(CC(=O)NCCn2cnc(C3CCCC3)cc2=O)n1. The predicted molar refractivity (Wildman–Crippen MR) is 95.9 cm³/mol. The third-order valence-corrected chi connectivity index (χ3v) is 4.64. The molecule has 0 bridgehead atoms. The second kappa shape index (κ2) is 8.07. The minimum Gasteiger partial charge on any atom is -0.353 e. The fraction of sp³-hybridized carbons (Fsp3) is 0.500. The molecule has 1 fully saturated rings. The Morgan fingerprint density at radius 2 is 2.00 bits per heavy atom. The number of aryl methyl sites for hydroxylation is 1. The summed E-state index contributed by atoms with van der Waals surface area (Å²) in [6.07, 6.45) is 6.13. The Bertz CT molecular complexity index is 896. The standard InChI is InChI=1S/C18H23N5O3/c1-13-6-7-17(25)23(21-13)11-16(24)19-8-9-22-12-20-15(10-18(22)26)14-4-2-3-5-14/h6-7,10,12,14H,2-5,8-9,11H2,1H3,(H,19,24). The van der Waals surface area contributed by atoms with Crippen LogP contribution in [0.5, 0.6) is 0 Å².